The SMILES string of the molecule is COc1cncc(-c2ccc3c(c2)C2(CCOCC2)CN3C(=O)c2ccnn2C)c1. The Balaban J connectivity index is 1.60. The zero-order valence-corrected chi connectivity index (χ0v) is 17.2. The van der Waals surface area contributed by atoms with E-state index in [2.05, 4.69) is 28.3 Å². The molecule has 7 heteroatoms. The van der Waals surface area contributed by atoms with Gasteiger partial charge in [-0.3, -0.25) is 14.5 Å². The molecule has 30 heavy (non-hydrogen) atoms. The Morgan fingerprint density at radius 3 is 2.70 bits per heavy atom. The first-order valence-electron chi connectivity index (χ1n) is 10.1. The molecule has 0 N–H and O–H groups in total. The molecule has 7 nitrogen and oxygen atoms in total. The van der Waals surface area contributed by atoms with Crippen LogP contribution in [0.4, 0.5) is 5.69 Å². The van der Waals surface area contributed by atoms with Gasteiger partial charge in [-0.25, -0.2) is 0 Å². The number of carbonyl (C=O) groups excluding carboxylic acids is 1. The summed E-state index contributed by atoms with van der Waals surface area (Å²) in [5, 5.41) is 4.17. The molecule has 2 aliphatic rings. The molecule has 1 aromatic carbocycles. The summed E-state index contributed by atoms with van der Waals surface area (Å²) in [4.78, 5) is 19.6. The molecule has 2 aliphatic heterocycles. The molecular formula is C23H24N4O3. The number of aryl methyl sites for hydroxylation is 1. The number of amides is 1. The van der Waals surface area contributed by atoms with Crippen molar-refractivity contribution >= 4 is 11.6 Å². The summed E-state index contributed by atoms with van der Waals surface area (Å²) in [6.07, 6.45) is 7.00. The van der Waals surface area contributed by atoms with Crippen LogP contribution in [0.5, 0.6) is 5.75 Å². The predicted molar refractivity (Wildman–Crippen MR) is 113 cm³/mol. The topological polar surface area (TPSA) is 69.5 Å². The number of aromatic nitrogens is 3. The molecule has 5 rings (SSSR count). The number of hydrogen-bond donors (Lipinski definition) is 0. The Bertz CT molecular complexity index is 1100. The summed E-state index contributed by atoms with van der Waals surface area (Å²) >= 11 is 0. The van der Waals surface area contributed by atoms with Crippen LogP contribution in [0.15, 0.2) is 48.9 Å². The number of methoxy groups -OCH3 is 1. The first-order chi connectivity index (χ1) is 14.6. The Hall–Kier alpha value is -3.19. The zero-order valence-electron chi connectivity index (χ0n) is 17.2. The largest absolute Gasteiger partial charge is 0.495 e. The molecule has 0 atom stereocenters. The molecule has 1 spiro atoms. The highest BCUT2D eigenvalue weighted by Crippen LogP contribution is 2.48. The monoisotopic (exact) mass is 404 g/mol. The van der Waals surface area contributed by atoms with Crippen molar-refractivity contribution in [2.75, 3.05) is 31.8 Å². The highest BCUT2D eigenvalue weighted by Gasteiger charge is 2.46. The third kappa shape index (κ3) is 2.97. The number of hydrogen-bond acceptors (Lipinski definition) is 5. The fourth-order valence-corrected chi connectivity index (χ4v) is 4.63. The van der Waals surface area contributed by atoms with Crippen LogP contribution in [0.3, 0.4) is 0 Å². The van der Waals surface area contributed by atoms with Gasteiger partial charge in [0.2, 0.25) is 0 Å². The number of anilines is 1. The Labute approximate surface area is 175 Å². The van der Waals surface area contributed by atoms with E-state index in [0.29, 0.717) is 25.5 Å². The van der Waals surface area contributed by atoms with Gasteiger partial charge in [-0.2, -0.15) is 5.10 Å². The lowest BCUT2D eigenvalue weighted by atomic mass is 9.75. The van der Waals surface area contributed by atoms with Crippen molar-refractivity contribution in [2.24, 2.45) is 7.05 Å². The lowest BCUT2D eigenvalue weighted by Gasteiger charge is -2.34. The highest BCUT2D eigenvalue weighted by atomic mass is 16.5. The van der Waals surface area contributed by atoms with E-state index in [9.17, 15) is 4.79 Å². The van der Waals surface area contributed by atoms with E-state index in [-0.39, 0.29) is 11.3 Å². The number of benzene rings is 1. The Morgan fingerprint density at radius 2 is 1.97 bits per heavy atom. The molecule has 0 saturated carbocycles. The van der Waals surface area contributed by atoms with Crippen LogP contribution >= 0.6 is 0 Å². The predicted octanol–water partition coefficient (Wildman–Crippen LogP) is 3.20. The highest BCUT2D eigenvalue weighted by molar-refractivity contribution is 6.07. The quantitative estimate of drug-likeness (QED) is 0.671. The second kappa shape index (κ2) is 7.25. The second-order valence-corrected chi connectivity index (χ2v) is 7.97. The average Bonchev–Trinajstić information content (AvgIpc) is 3.35. The lowest BCUT2D eigenvalue weighted by Crippen LogP contribution is -2.41. The van der Waals surface area contributed by atoms with Gasteiger partial charge in [0.05, 0.1) is 13.3 Å². The van der Waals surface area contributed by atoms with Crippen molar-refractivity contribution < 1.29 is 14.3 Å². The number of fused-ring (bicyclic) bond motifs is 2. The summed E-state index contributed by atoms with van der Waals surface area (Å²) in [5.41, 5.74) is 4.75. The van der Waals surface area contributed by atoms with Gasteiger partial charge in [0.1, 0.15) is 11.4 Å². The van der Waals surface area contributed by atoms with E-state index >= 15 is 0 Å². The Morgan fingerprint density at radius 1 is 1.13 bits per heavy atom. The van der Waals surface area contributed by atoms with E-state index in [1.54, 1.807) is 37.3 Å². The summed E-state index contributed by atoms with van der Waals surface area (Å²) in [5.74, 6) is 0.706. The molecule has 154 valence electrons. The van der Waals surface area contributed by atoms with E-state index < -0.39 is 0 Å². The minimum atomic E-state index is -0.0931. The zero-order chi connectivity index (χ0) is 20.7. The first kappa shape index (κ1) is 18.8. The van der Waals surface area contributed by atoms with Crippen molar-refractivity contribution in [3.05, 3.63) is 60.2 Å². The smallest absolute Gasteiger partial charge is 0.276 e. The molecule has 4 heterocycles. The van der Waals surface area contributed by atoms with Crippen LogP contribution in [-0.2, 0) is 17.2 Å². The van der Waals surface area contributed by atoms with Crippen molar-refractivity contribution in [1.82, 2.24) is 14.8 Å². The van der Waals surface area contributed by atoms with Crippen LogP contribution < -0.4 is 9.64 Å². The molecule has 1 fully saturated rings. The molecule has 1 amide bonds. The summed E-state index contributed by atoms with van der Waals surface area (Å²) in [7, 11) is 3.44. The van der Waals surface area contributed by atoms with Gasteiger partial charge in [0.25, 0.3) is 5.91 Å². The normalized spacial score (nSPS) is 17.2. The fraction of sp³-hybridized carbons (Fsp3) is 0.348. The maximum atomic E-state index is 13.4. The van der Waals surface area contributed by atoms with Crippen molar-refractivity contribution in [3.8, 4) is 16.9 Å². The third-order valence-corrected chi connectivity index (χ3v) is 6.34. The van der Waals surface area contributed by atoms with Gasteiger partial charge in [0, 0.05) is 55.9 Å². The van der Waals surface area contributed by atoms with Crippen molar-refractivity contribution in [2.45, 2.75) is 18.3 Å². The summed E-state index contributed by atoms with van der Waals surface area (Å²) in [6, 6.07) is 10.1. The number of ether oxygens (including phenoxy) is 2. The van der Waals surface area contributed by atoms with Gasteiger partial charge < -0.3 is 14.4 Å². The van der Waals surface area contributed by atoms with E-state index in [0.717, 1.165) is 35.4 Å². The van der Waals surface area contributed by atoms with Gasteiger partial charge >= 0.3 is 0 Å². The standard InChI is InChI=1S/C23H24N4O3/c1-26-21(5-8-25-26)22(28)27-15-23(6-9-30-10-7-23)19-12-16(3-4-20(19)27)17-11-18(29-2)14-24-13-17/h3-5,8,11-14H,6-7,9-10,15H2,1-2H3. The number of pyridine rings is 1. The van der Waals surface area contributed by atoms with Crippen molar-refractivity contribution in [1.29, 1.82) is 0 Å². The Kier molecular flexibility index (Phi) is 4.55. The number of rotatable bonds is 3. The van der Waals surface area contributed by atoms with Crippen LogP contribution in [0.1, 0.15) is 28.9 Å². The lowest BCUT2D eigenvalue weighted by molar-refractivity contribution is 0.0546. The number of nitrogens with zero attached hydrogens (tertiary/aromatic N) is 4. The maximum absolute atomic E-state index is 13.4. The van der Waals surface area contributed by atoms with Crippen molar-refractivity contribution in [3.63, 3.8) is 0 Å². The molecule has 2 aromatic heterocycles. The minimum absolute atomic E-state index is 0.0181. The van der Waals surface area contributed by atoms with Gasteiger partial charge in [0.15, 0.2) is 0 Å². The van der Waals surface area contributed by atoms with E-state index in [4.69, 9.17) is 9.47 Å². The molecule has 0 aliphatic carbocycles. The van der Waals surface area contributed by atoms with Crippen LogP contribution in [0.25, 0.3) is 11.1 Å². The van der Waals surface area contributed by atoms with Crippen LogP contribution in [0, 0.1) is 0 Å². The molecule has 1 saturated heterocycles. The fourth-order valence-electron chi connectivity index (χ4n) is 4.63. The van der Waals surface area contributed by atoms with E-state index in [1.165, 1.54) is 5.56 Å². The summed E-state index contributed by atoms with van der Waals surface area (Å²) in [6.45, 7) is 2.08. The molecular weight excluding hydrogens is 380 g/mol. The first-order valence-corrected chi connectivity index (χ1v) is 10.1. The number of carbonyl (C=O) groups is 1. The van der Waals surface area contributed by atoms with Gasteiger partial charge in [-0.1, -0.05) is 6.07 Å². The molecule has 0 bridgehead atoms. The maximum Gasteiger partial charge on any atom is 0.276 e. The molecule has 0 radical (unpaired) electrons. The van der Waals surface area contributed by atoms with Gasteiger partial charge in [-0.05, 0) is 48.2 Å². The second-order valence-electron chi connectivity index (χ2n) is 7.97. The molecule has 3 aromatic rings. The average molecular weight is 404 g/mol. The van der Waals surface area contributed by atoms with Crippen LogP contribution in [-0.4, -0.2) is 47.5 Å². The third-order valence-electron chi connectivity index (χ3n) is 6.34. The summed E-state index contributed by atoms with van der Waals surface area (Å²) < 4.78 is 12.6. The minimum Gasteiger partial charge on any atom is -0.495 e. The van der Waals surface area contributed by atoms with Gasteiger partial charge in [-0.15, -0.1) is 0 Å². The van der Waals surface area contributed by atoms with E-state index in [1.807, 2.05) is 17.2 Å². The van der Waals surface area contributed by atoms with Crippen LogP contribution in [0.2, 0.25) is 0 Å². The molecule has 0 unspecified atom stereocenters.